The summed E-state index contributed by atoms with van der Waals surface area (Å²) in [5.41, 5.74) is 2.30. The van der Waals surface area contributed by atoms with Crippen molar-refractivity contribution in [1.82, 2.24) is 10.2 Å². The molecule has 0 saturated heterocycles. The van der Waals surface area contributed by atoms with E-state index in [1.807, 2.05) is 6.07 Å². The van der Waals surface area contributed by atoms with Crippen molar-refractivity contribution in [3.05, 3.63) is 41.4 Å². The van der Waals surface area contributed by atoms with Gasteiger partial charge in [0.2, 0.25) is 11.0 Å². The van der Waals surface area contributed by atoms with E-state index in [2.05, 4.69) is 15.5 Å². The number of aromatic nitrogens is 2. The van der Waals surface area contributed by atoms with Crippen molar-refractivity contribution in [2.75, 3.05) is 5.32 Å². The number of rotatable bonds is 6. The van der Waals surface area contributed by atoms with E-state index in [0.29, 0.717) is 5.13 Å². The number of amides is 1. The number of nitrogens with one attached hydrogen (secondary N) is 1. The SMILES string of the molecule is O=C([O-])C[C@H](CC(=O)Nc1nncs1)c1ccccc1. The molecule has 2 aromatic rings. The normalized spacial score (nSPS) is 11.8. The zero-order chi connectivity index (χ0) is 14.4. The molecular weight excluding hydrogens is 278 g/mol. The molecule has 7 heteroatoms. The van der Waals surface area contributed by atoms with Crippen LogP contribution in [0.1, 0.15) is 24.3 Å². The van der Waals surface area contributed by atoms with E-state index < -0.39 is 11.9 Å². The molecule has 1 heterocycles. The molecule has 0 aliphatic rings. The molecule has 1 N–H and O–H groups in total. The first kappa shape index (κ1) is 14.1. The molecule has 104 valence electrons. The first-order valence-electron chi connectivity index (χ1n) is 5.96. The van der Waals surface area contributed by atoms with Gasteiger partial charge in [0.25, 0.3) is 0 Å². The van der Waals surface area contributed by atoms with Crippen molar-refractivity contribution in [2.24, 2.45) is 0 Å². The maximum absolute atomic E-state index is 11.9. The zero-order valence-corrected chi connectivity index (χ0v) is 11.3. The summed E-state index contributed by atoms with van der Waals surface area (Å²) in [4.78, 5) is 22.7. The van der Waals surface area contributed by atoms with Gasteiger partial charge in [-0.2, -0.15) is 0 Å². The Hall–Kier alpha value is -2.28. The lowest BCUT2D eigenvalue weighted by Crippen LogP contribution is -2.26. The van der Waals surface area contributed by atoms with Crippen LogP contribution in [-0.2, 0) is 9.59 Å². The quantitative estimate of drug-likeness (QED) is 0.848. The number of hydrogen-bond acceptors (Lipinski definition) is 6. The van der Waals surface area contributed by atoms with Crippen LogP contribution in [-0.4, -0.2) is 22.1 Å². The number of nitrogens with zero attached hydrogens (tertiary/aromatic N) is 2. The Balaban J connectivity index is 2.04. The number of aliphatic carboxylic acids is 1. The number of carbonyl (C=O) groups excluding carboxylic acids is 2. The summed E-state index contributed by atoms with van der Waals surface area (Å²) in [6, 6.07) is 9.04. The van der Waals surface area contributed by atoms with E-state index in [1.54, 1.807) is 24.3 Å². The van der Waals surface area contributed by atoms with Gasteiger partial charge in [0.15, 0.2) is 0 Å². The Labute approximate surface area is 119 Å². The average Bonchev–Trinajstić information content (AvgIpc) is 2.91. The lowest BCUT2D eigenvalue weighted by molar-refractivity contribution is -0.306. The monoisotopic (exact) mass is 290 g/mol. The first-order valence-corrected chi connectivity index (χ1v) is 6.84. The smallest absolute Gasteiger partial charge is 0.226 e. The summed E-state index contributed by atoms with van der Waals surface area (Å²) in [5, 5.41) is 21.1. The number of carbonyl (C=O) groups is 2. The highest BCUT2D eigenvalue weighted by Gasteiger charge is 2.17. The van der Waals surface area contributed by atoms with Gasteiger partial charge >= 0.3 is 0 Å². The van der Waals surface area contributed by atoms with Crippen molar-refractivity contribution < 1.29 is 14.7 Å². The van der Waals surface area contributed by atoms with E-state index >= 15 is 0 Å². The molecule has 0 radical (unpaired) electrons. The molecule has 1 aromatic carbocycles. The third kappa shape index (κ3) is 4.13. The van der Waals surface area contributed by atoms with E-state index in [-0.39, 0.29) is 18.7 Å². The zero-order valence-electron chi connectivity index (χ0n) is 10.5. The van der Waals surface area contributed by atoms with E-state index in [0.717, 1.165) is 5.56 Å². The molecule has 0 spiro atoms. The van der Waals surface area contributed by atoms with Crippen LogP contribution >= 0.6 is 11.3 Å². The third-order valence-corrected chi connectivity index (χ3v) is 3.33. The van der Waals surface area contributed by atoms with Gasteiger partial charge < -0.3 is 15.2 Å². The number of hydrogen-bond donors (Lipinski definition) is 1. The van der Waals surface area contributed by atoms with Crippen LogP contribution in [0.15, 0.2) is 35.8 Å². The highest BCUT2D eigenvalue weighted by Crippen LogP contribution is 2.23. The largest absolute Gasteiger partial charge is 0.550 e. The van der Waals surface area contributed by atoms with Gasteiger partial charge in [0, 0.05) is 12.4 Å². The molecule has 2 rings (SSSR count). The summed E-state index contributed by atoms with van der Waals surface area (Å²) in [5.74, 6) is -1.89. The Bertz CT molecular complexity index is 572. The van der Waals surface area contributed by atoms with Crippen LogP contribution in [0.2, 0.25) is 0 Å². The van der Waals surface area contributed by atoms with Crippen molar-refractivity contribution >= 4 is 28.3 Å². The van der Waals surface area contributed by atoms with Gasteiger partial charge in [0.05, 0.1) is 0 Å². The standard InChI is InChI=1S/C13H13N3O3S/c17-11(15-13-16-14-8-20-13)6-10(7-12(18)19)9-4-2-1-3-5-9/h1-5,8,10H,6-7H2,(H,18,19)(H,15,16,17)/p-1/t10-/m0/s1. The van der Waals surface area contributed by atoms with Crippen LogP contribution < -0.4 is 10.4 Å². The second kappa shape index (κ2) is 6.76. The fraction of sp³-hybridized carbons (Fsp3) is 0.231. The van der Waals surface area contributed by atoms with E-state index in [4.69, 9.17) is 0 Å². The maximum atomic E-state index is 11.9. The van der Waals surface area contributed by atoms with Crippen molar-refractivity contribution in [3.8, 4) is 0 Å². The van der Waals surface area contributed by atoms with Gasteiger partial charge in [-0.05, 0) is 17.9 Å². The summed E-state index contributed by atoms with van der Waals surface area (Å²) in [6.45, 7) is 0. The summed E-state index contributed by atoms with van der Waals surface area (Å²) in [7, 11) is 0. The Morgan fingerprint density at radius 2 is 2.00 bits per heavy atom. The Morgan fingerprint density at radius 1 is 1.25 bits per heavy atom. The summed E-state index contributed by atoms with van der Waals surface area (Å²) in [6.07, 6.45) is -0.148. The fourth-order valence-corrected chi connectivity index (χ4v) is 2.32. The van der Waals surface area contributed by atoms with Crippen LogP contribution in [0, 0.1) is 0 Å². The molecule has 6 nitrogen and oxygen atoms in total. The lowest BCUT2D eigenvalue weighted by atomic mass is 9.92. The predicted molar refractivity (Wildman–Crippen MR) is 72.0 cm³/mol. The molecule has 0 fully saturated rings. The van der Waals surface area contributed by atoms with E-state index in [9.17, 15) is 14.7 Å². The number of anilines is 1. The molecule has 0 bridgehead atoms. The van der Waals surface area contributed by atoms with Crippen LogP contribution in [0.4, 0.5) is 5.13 Å². The van der Waals surface area contributed by atoms with Gasteiger partial charge in [-0.25, -0.2) is 0 Å². The minimum atomic E-state index is -1.18. The van der Waals surface area contributed by atoms with Crippen molar-refractivity contribution in [3.63, 3.8) is 0 Å². The van der Waals surface area contributed by atoms with Crippen molar-refractivity contribution in [2.45, 2.75) is 18.8 Å². The highest BCUT2D eigenvalue weighted by atomic mass is 32.1. The van der Waals surface area contributed by atoms with Gasteiger partial charge in [-0.1, -0.05) is 41.7 Å². The Kier molecular flexibility index (Phi) is 4.78. The second-order valence-electron chi connectivity index (χ2n) is 4.18. The average molecular weight is 290 g/mol. The number of carboxylic acid groups (broad SMARTS) is 1. The third-order valence-electron chi connectivity index (χ3n) is 2.72. The van der Waals surface area contributed by atoms with Crippen LogP contribution in [0.5, 0.6) is 0 Å². The molecular formula is C13H12N3O3S-. The number of carboxylic acids is 1. The van der Waals surface area contributed by atoms with Gasteiger partial charge in [-0.3, -0.25) is 4.79 Å². The van der Waals surface area contributed by atoms with Gasteiger partial charge in [0.1, 0.15) is 5.51 Å². The predicted octanol–water partition coefficient (Wildman–Crippen LogP) is 0.790. The van der Waals surface area contributed by atoms with Crippen molar-refractivity contribution in [1.29, 1.82) is 0 Å². The summed E-state index contributed by atoms with van der Waals surface area (Å²) >= 11 is 1.21. The first-order chi connectivity index (χ1) is 9.65. The minimum Gasteiger partial charge on any atom is -0.550 e. The van der Waals surface area contributed by atoms with Gasteiger partial charge in [-0.15, -0.1) is 10.2 Å². The molecule has 1 aromatic heterocycles. The molecule has 1 atom stereocenters. The Morgan fingerprint density at radius 3 is 2.60 bits per heavy atom. The molecule has 0 aliphatic heterocycles. The molecule has 0 saturated carbocycles. The molecule has 0 aliphatic carbocycles. The second-order valence-corrected chi connectivity index (χ2v) is 5.01. The topological polar surface area (TPSA) is 95.0 Å². The van der Waals surface area contributed by atoms with Crippen LogP contribution in [0.3, 0.4) is 0 Å². The summed E-state index contributed by atoms with van der Waals surface area (Å²) < 4.78 is 0. The maximum Gasteiger partial charge on any atom is 0.226 e. The molecule has 20 heavy (non-hydrogen) atoms. The van der Waals surface area contributed by atoms with Crippen LogP contribution in [0.25, 0.3) is 0 Å². The minimum absolute atomic E-state index is 0.0531. The lowest BCUT2D eigenvalue weighted by Gasteiger charge is -2.17. The molecule has 1 amide bonds. The highest BCUT2D eigenvalue weighted by molar-refractivity contribution is 7.13. The fourth-order valence-electron chi connectivity index (χ4n) is 1.86. The van der Waals surface area contributed by atoms with E-state index in [1.165, 1.54) is 16.8 Å². The number of benzene rings is 1. The molecule has 0 unspecified atom stereocenters.